The summed E-state index contributed by atoms with van der Waals surface area (Å²) in [5.41, 5.74) is 2.57. The molecule has 0 fully saturated rings. The number of benzene rings is 1. The molecule has 0 bridgehead atoms. The monoisotopic (exact) mass is 399 g/mol. The molecular formula is C22H29N3O4. The summed E-state index contributed by atoms with van der Waals surface area (Å²) >= 11 is 0. The second-order valence-corrected chi connectivity index (χ2v) is 7.08. The Kier molecular flexibility index (Phi) is 8.58. The molecule has 0 unspecified atom stereocenters. The van der Waals surface area contributed by atoms with Crippen molar-refractivity contribution in [1.29, 1.82) is 0 Å². The van der Waals surface area contributed by atoms with E-state index in [-0.39, 0.29) is 18.6 Å². The number of ketones is 1. The fourth-order valence-corrected chi connectivity index (χ4v) is 2.92. The predicted octanol–water partition coefficient (Wildman–Crippen LogP) is 3.61. The number of nitrogens with one attached hydrogen (secondary N) is 1. The largest absolute Gasteiger partial charge is 0.456 e. The number of carbonyl (C=O) groups is 3. The molecule has 0 spiro atoms. The number of hydrogen-bond acceptors (Lipinski definition) is 5. The lowest BCUT2D eigenvalue weighted by atomic mass is 10.0. The molecule has 2 rings (SSSR count). The number of rotatable bonds is 11. The minimum absolute atomic E-state index is 0.0521. The summed E-state index contributed by atoms with van der Waals surface area (Å²) in [6, 6.07) is 9.25. The lowest BCUT2D eigenvalue weighted by Gasteiger charge is -2.07. The van der Waals surface area contributed by atoms with E-state index in [1.807, 2.05) is 19.1 Å². The minimum atomic E-state index is -0.578. The molecule has 7 heteroatoms. The molecule has 0 saturated heterocycles. The number of amides is 1. The number of Topliss-reactive ketones (excluding diaryl/α,β-unsaturated/α-hetero) is 1. The first kappa shape index (κ1) is 22.3. The van der Waals surface area contributed by atoms with Crippen molar-refractivity contribution >= 4 is 23.5 Å². The van der Waals surface area contributed by atoms with Crippen molar-refractivity contribution < 1.29 is 19.1 Å². The van der Waals surface area contributed by atoms with Crippen LogP contribution in [-0.4, -0.2) is 34.0 Å². The normalized spacial score (nSPS) is 10.6. The Morgan fingerprint density at radius 1 is 1.10 bits per heavy atom. The Hall–Kier alpha value is -2.96. The van der Waals surface area contributed by atoms with Gasteiger partial charge in [0.25, 0.3) is 5.91 Å². The molecule has 1 aromatic carbocycles. The molecule has 7 nitrogen and oxygen atoms in total. The van der Waals surface area contributed by atoms with Gasteiger partial charge in [-0.2, -0.15) is 5.10 Å². The maximum absolute atomic E-state index is 12.2. The zero-order chi connectivity index (χ0) is 21.2. The number of aromatic nitrogens is 2. The van der Waals surface area contributed by atoms with Crippen LogP contribution in [0.4, 0.5) is 5.82 Å². The van der Waals surface area contributed by atoms with E-state index in [9.17, 15) is 14.4 Å². The van der Waals surface area contributed by atoms with E-state index >= 15 is 0 Å². The zero-order valence-corrected chi connectivity index (χ0v) is 17.4. The number of hydrogen-bond donors (Lipinski definition) is 1. The van der Waals surface area contributed by atoms with Gasteiger partial charge in [0.2, 0.25) is 0 Å². The zero-order valence-electron chi connectivity index (χ0n) is 17.4. The molecule has 0 radical (unpaired) electrons. The number of carbonyl (C=O) groups excluding carboxylic acids is 3. The second kappa shape index (κ2) is 11.1. The van der Waals surface area contributed by atoms with Gasteiger partial charge in [-0.05, 0) is 25.3 Å². The molecule has 1 heterocycles. The Balaban J connectivity index is 1.70. The molecule has 2 aromatic rings. The van der Waals surface area contributed by atoms with E-state index in [0.29, 0.717) is 11.4 Å². The standard InChI is InChI=1S/C22H29N3O4/c1-4-5-6-7-17-8-10-18(11-9-17)19(26)12-13-22(28)29-15-21(27)23-20-14-16(2)24-25(20)3/h8-11,14H,4-7,12-13,15H2,1-3H3,(H,23,27). The number of nitrogens with zero attached hydrogens (tertiary/aromatic N) is 2. The van der Waals surface area contributed by atoms with Gasteiger partial charge in [0.05, 0.1) is 12.1 Å². The molecule has 0 aliphatic rings. The van der Waals surface area contributed by atoms with Gasteiger partial charge in [0, 0.05) is 25.1 Å². The van der Waals surface area contributed by atoms with Crippen molar-refractivity contribution in [2.24, 2.45) is 7.05 Å². The topological polar surface area (TPSA) is 90.3 Å². The number of esters is 1. The third-order valence-electron chi connectivity index (χ3n) is 4.53. The first-order chi connectivity index (χ1) is 13.9. The molecule has 1 amide bonds. The smallest absolute Gasteiger partial charge is 0.306 e. The van der Waals surface area contributed by atoms with Crippen LogP contribution in [0.2, 0.25) is 0 Å². The lowest BCUT2D eigenvalue weighted by molar-refractivity contribution is -0.147. The fraction of sp³-hybridized carbons (Fsp3) is 0.455. The number of unbranched alkanes of at least 4 members (excludes halogenated alkanes) is 2. The highest BCUT2D eigenvalue weighted by Gasteiger charge is 2.13. The van der Waals surface area contributed by atoms with Crippen LogP contribution in [0.3, 0.4) is 0 Å². The van der Waals surface area contributed by atoms with Crippen LogP contribution in [0.5, 0.6) is 0 Å². The van der Waals surface area contributed by atoms with Gasteiger partial charge in [0.1, 0.15) is 5.82 Å². The van der Waals surface area contributed by atoms with Crippen molar-refractivity contribution in [3.05, 3.63) is 47.2 Å². The first-order valence-electron chi connectivity index (χ1n) is 9.97. The SMILES string of the molecule is CCCCCc1ccc(C(=O)CCC(=O)OCC(=O)Nc2cc(C)nn2C)cc1. The van der Waals surface area contributed by atoms with Crippen molar-refractivity contribution in [3.63, 3.8) is 0 Å². The molecule has 29 heavy (non-hydrogen) atoms. The lowest BCUT2D eigenvalue weighted by Crippen LogP contribution is -2.22. The summed E-state index contributed by atoms with van der Waals surface area (Å²) < 4.78 is 6.48. The maximum Gasteiger partial charge on any atom is 0.306 e. The summed E-state index contributed by atoms with van der Waals surface area (Å²) in [5, 5.41) is 6.74. The summed E-state index contributed by atoms with van der Waals surface area (Å²) in [6.07, 6.45) is 4.52. The van der Waals surface area contributed by atoms with Crippen molar-refractivity contribution in [3.8, 4) is 0 Å². The molecule has 0 atom stereocenters. The third-order valence-corrected chi connectivity index (χ3v) is 4.53. The van der Waals surface area contributed by atoms with E-state index in [1.165, 1.54) is 23.1 Å². The molecule has 0 saturated carbocycles. The van der Waals surface area contributed by atoms with E-state index in [4.69, 9.17) is 4.74 Å². The highest BCUT2D eigenvalue weighted by atomic mass is 16.5. The minimum Gasteiger partial charge on any atom is -0.456 e. The molecule has 0 aliphatic carbocycles. The summed E-state index contributed by atoms with van der Waals surface area (Å²) in [6.45, 7) is 3.58. The molecule has 1 aromatic heterocycles. The Morgan fingerprint density at radius 2 is 1.83 bits per heavy atom. The van der Waals surface area contributed by atoms with E-state index < -0.39 is 18.5 Å². The fourth-order valence-electron chi connectivity index (χ4n) is 2.92. The molecular weight excluding hydrogens is 370 g/mol. The molecule has 1 N–H and O–H groups in total. The van der Waals surface area contributed by atoms with Crippen LogP contribution < -0.4 is 5.32 Å². The van der Waals surface area contributed by atoms with Crippen molar-refractivity contribution in [1.82, 2.24) is 9.78 Å². The van der Waals surface area contributed by atoms with Crippen LogP contribution in [0, 0.1) is 6.92 Å². The average molecular weight is 399 g/mol. The second-order valence-electron chi connectivity index (χ2n) is 7.08. The van der Waals surface area contributed by atoms with Gasteiger partial charge < -0.3 is 10.1 Å². The van der Waals surface area contributed by atoms with E-state index in [2.05, 4.69) is 17.3 Å². The third kappa shape index (κ3) is 7.52. The summed E-state index contributed by atoms with van der Waals surface area (Å²) in [7, 11) is 1.71. The molecule has 156 valence electrons. The van der Waals surface area contributed by atoms with Crippen molar-refractivity contribution in [2.75, 3.05) is 11.9 Å². The van der Waals surface area contributed by atoms with Gasteiger partial charge in [-0.3, -0.25) is 19.1 Å². The van der Waals surface area contributed by atoms with Gasteiger partial charge in [-0.1, -0.05) is 44.0 Å². The summed E-state index contributed by atoms with van der Waals surface area (Å²) in [4.78, 5) is 35.9. The highest BCUT2D eigenvalue weighted by molar-refractivity contribution is 5.98. The van der Waals surface area contributed by atoms with Crippen LogP contribution in [0.15, 0.2) is 30.3 Å². The van der Waals surface area contributed by atoms with Crippen LogP contribution >= 0.6 is 0 Å². The quantitative estimate of drug-likeness (QED) is 0.354. The van der Waals surface area contributed by atoms with Gasteiger partial charge >= 0.3 is 5.97 Å². The van der Waals surface area contributed by atoms with Crippen LogP contribution in [-0.2, 0) is 27.8 Å². The Labute approximate surface area is 171 Å². The number of aryl methyl sites for hydroxylation is 3. The number of ether oxygens (including phenoxy) is 1. The van der Waals surface area contributed by atoms with Gasteiger partial charge in [-0.15, -0.1) is 0 Å². The Morgan fingerprint density at radius 3 is 2.45 bits per heavy atom. The first-order valence-corrected chi connectivity index (χ1v) is 9.97. The van der Waals surface area contributed by atoms with Gasteiger partial charge in [0.15, 0.2) is 12.4 Å². The van der Waals surface area contributed by atoms with Crippen molar-refractivity contribution in [2.45, 2.75) is 52.4 Å². The molecule has 0 aliphatic heterocycles. The number of anilines is 1. The van der Waals surface area contributed by atoms with Gasteiger partial charge in [-0.25, -0.2) is 0 Å². The predicted molar refractivity (Wildman–Crippen MR) is 111 cm³/mol. The Bertz CT molecular complexity index is 840. The highest BCUT2D eigenvalue weighted by Crippen LogP contribution is 2.12. The van der Waals surface area contributed by atoms with Crippen LogP contribution in [0.1, 0.15) is 60.6 Å². The van der Waals surface area contributed by atoms with E-state index in [0.717, 1.165) is 18.5 Å². The summed E-state index contributed by atoms with van der Waals surface area (Å²) in [5.74, 6) is -0.619. The van der Waals surface area contributed by atoms with E-state index in [1.54, 1.807) is 25.2 Å². The maximum atomic E-state index is 12.2. The van der Waals surface area contributed by atoms with Crippen LogP contribution in [0.25, 0.3) is 0 Å². The average Bonchev–Trinajstić information content (AvgIpc) is 3.02.